The van der Waals surface area contributed by atoms with E-state index in [2.05, 4.69) is 19.2 Å². The van der Waals surface area contributed by atoms with E-state index >= 15 is 0 Å². The molecular weight excluding hydrogens is 217 g/mol. The van der Waals surface area contributed by atoms with Crippen LogP contribution in [0.25, 0.3) is 0 Å². The molecule has 0 saturated heterocycles. The third-order valence-electron chi connectivity index (χ3n) is 2.66. The Morgan fingerprint density at radius 1 is 1.29 bits per heavy atom. The highest BCUT2D eigenvalue weighted by Crippen LogP contribution is 2.18. The molecule has 0 fully saturated rings. The third kappa shape index (κ3) is 5.18. The monoisotopic (exact) mass is 239 g/mol. The molecule has 0 unspecified atom stereocenters. The molecule has 3 heteroatoms. The van der Waals surface area contributed by atoms with E-state index in [0.717, 1.165) is 31.4 Å². The predicted molar refractivity (Wildman–Crippen MR) is 69.0 cm³/mol. The van der Waals surface area contributed by atoms with Crippen LogP contribution < -0.4 is 10.1 Å². The topological polar surface area (TPSA) is 21.3 Å². The van der Waals surface area contributed by atoms with E-state index in [-0.39, 0.29) is 5.82 Å². The van der Waals surface area contributed by atoms with Gasteiger partial charge in [-0.05, 0) is 43.5 Å². The van der Waals surface area contributed by atoms with Gasteiger partial charge in [-0.3, -0.25) is 0 Å². The Hall–Kier alpha value is -1.09. The highest BCUT2D eigenvalue weighted by atomic mass is 19.1. The van der Waals surface area contributed by atoms with Gasteiger partial charge in [0.2, 0.25) is 0 Å². The first-order valence-corrected chi connectivity index (χ1v) is 6.19. The molecule has 96 valence electrons. The van der Waals surface area contributed by atoms with Crippen molar-refractivity contribution in [1.82, 2.24) is 5.32 Å². The molecule has 1 N–H and O–H groups in total. The molecule has 1 aromatic rings. The van der Waals surface area contributed by atoms with E-state index in [9.17, 15) is 4.39 Å². The zero-order chi connectivity index (χ0) is 12.7. The number of methoxy groups -OCH3 is 1. The third-order valence-corrected chi connectivity index (χ3v) is 2.66. The summed E-state index contributed by atoms with van der Waals surface area (Å²) in [5, 5.41) is 3.37. The first kappa shape index (κ1) is 14.0. The van der Waals surface area contributed by atoms with Gasteiger partial charge in [0.15, 0.2) is 11.6 Å². The van der Waals surface area contributed by atoms with Gasteiger partial charge in [0.1, 0.15) is 0 Å². The first-order valence-electron chi connectivity index (χ1n) is 6.19. The molecule has 0 amide bonds. The highest BCUT2D eigenvalue weighted by molar-refractivity contribution is 5.29. The molecule has 17 heavy (non-hydrogen) atoms. The summed E-state index contributed by atoms with van der Waals surface area (Å²) in [4.78, 5) is 0. The van der Waals surface area contributed by atoms with Crippen molar-refractivity contribution in [2.45, 2.75) is 39.2 Å². The Bertz CT molecular complexity index is 339. The number of hydrogen-bond donors (Lipinski definition) is 1. The lowest BCUT2D eigenvalue weighted by Crippen LogP contribution is -2.23. The maximum absolute atomic E-state index is 13.4. The summed E-state index contributed by atoms with van der Waals surface area (Å²) in [7, 11) is 1.48. The standard InChI is InChI=1S/C14H22FNO/c1-11(2)16-9-5-4-6-12-7-8-14(17-3)13(15)10-12/h7-8,10-11,16H,4-6,9H2,1-3H3. The summed E-state index contributed by atoms with van der Waals surface area (Å²) in [5.41, 5.74) is 1.04. The number of benzene rings is 1. The van der Waals surface area contributed by atoms with Gasteiger partial charge < -0.3 is 10.1 Å². The van der Waals surface area contributed by atoms with Crippen LogP contribution in [0.5, 0.6) is 5.75 Å². The summed E-state index contributed by atoms with van der Waals surface area (Å²) in [5.74, 6) is 0.0422. The SMILES string of the molecule is COc1ccc(CCCCNC(C)C)cc1F. The van der Waals surface area contributed by atoms with Crippen molar-refractivity contribution in [3.05, 3.63) is 29.6 Å². The molecular formula is C14H22FNO. The van der Waals surface area contributed by atoms with Crippen molar-refractivity contribution in [2.24, 2.45) is 0 Å². The van der Waals surface area contributed by atoms with E-state index in [4.69, 9.17) is 4.74 Å². The average Bonchev–Trinajstić information content (AvgIpc) is 2.28. The van der Waals surface area contributed by atoms with Crippen molar-refractivity contribution < 1.29 is 9.13 Å². The molecule has 0 radical (unpaired) electrons. The Morgan fingerprint density at radius 3 is 2.65 bits per heavy atom. The van der Waals surface area contributed by atoms with Gasteiger partial charge >= 0.3 is 0 Å². The molecule has 0 aliphatic carbocycles. The molecule has 0 saturated carbocycles. The molecule has 0 spiro atoms. The lowest BCUT2D eigenvalue weighted by atomic mass is 10.1. The summed E-state index contributed by atoms with van der Waals surface area (Å²) in [6, 6.07) is 5.72. The number of unbranched alkanes of at least 4 members (excludes halogenated alkanes) is 1. The highest BCUT2D eigenvalue weighted by Gasteiger charge is 2.03. The summed E-state index contributed by atoms with van der Waals surface area (Å²) < 4.78 is 18.3. The van der Waals surface area contributed by atoms with Crippen LogP contribution in [0, 0.1) is 5.82 Å². The summed E-state index contributed by atoms with van der Waals surface area (Å²) in [6.45, 7) is 5.30. The summed E-state index contributed by atoms with van der Waals surface area (Å²) >= 11 is 0. The molecule has 0 aliphatic heterocycles. The van der Waals surface area contributed by atoms with Gasteiger partial charge in [-0.25, -0.2) is 4.39 Å². The van der Waals surface area contributed by atoms with Gasteiger partial charge in [-0.1, -0.05) is 19.9 Å². The molecule has 1 rings (SSSR count). The quantitative estimate of drug-likeness (QED) is 0.738. The minimum atomic E-state index is -0.273. The van der Waals surface area contributed by atoms with Crippen LogP contribution in [-0.4, -0.2) is 19.7 Å². The van der Waals surface area contributed by atoms with Crippen molar-refractivity contribution in [1.29, 1.82) is 0 Å². The summed E-state index contributed by atoms with van der Waals surface area (Å²) in [6.07, 6.45) is 3.11. The van der Waals surface area contributed by atoms with Crippen molar-refractivity contribution >= 4 is 0 Å². The average molecular weight is 239 g/mol. The van der Waals surface area contributed by atoms with E-state index in [1.54, 1.807) is 12.1 Å². The van der Waals surface area contributed by atoms with E-state index in [0.29, 0.717) is 11.8 Å². The van der Waals surface area contributed by atoms with Crippen LogP contribution in [0.2, 0.25) is 0 Å². The minimum absolute atomic E-state index is 0.273. The van der Waals surface area contributed by atoms with Crippen molar-refractivity contribution in [3.63, 3.8) is 0 Å². The predicted octanol–water partition coefficient (Wildman–Crippen LogP) is 3.16. The van der Waals surface area contributed by atoms with Crippen LogP contribution in [0.1, 0.15) is 32.3 Å². The van der Waals surface area contributed by atoms with Gasteiger partial charge in [0.25, 0.3) is 0 Å². The zero-order valence-electron chi connectivity index (χ0n) is 10.9. The fourth-order valence-electron chi connectivity index (χ4n) is 1.71. The molecule has 0 aromatic heterocycles. The van der Waals surface area contributed by atoms with E-state index < -0.39 is 0 Å². The second kappa shape index (κ2) is 7.28. The van der Waals surface area contributed by atoms with Gasteiger partial charge in [0, 0.05) is 6.04 Å². The first-order chi connectivity index (χ1) is 8.13. The van der Waals surface area contributed by atoms with Gasteiger partial charge in [0.05, 0.1) is 7.11 Å². The fourth-order valence-corrected chi connectivity index (χ4v) is 1.71. The van der Waals surface area contributed by atoms with Crippen LogP contribution in [0.3, 0.4) is 0 Å². The van der Waals surface area contributed by atoms with Crippen LogP contribution in [0.15, 0.2) is 18.2 Å². The van der Waals surface area contributed by atoms with Crippen LogP contribution in [0.4, 0.5) is 4.39 Å². The van der Waals surface area contributed by atoms with Crippen molar-refractivity contribution in [3.8, 4) is 5.75 Å². The van der Waals surface area contributed by atoms with Gasteiger partial charge in [-0.15, -0.1) is 0 Å². The molecule has 0 heterocycles. The number of nitrogens with one attached hydrogen (secondary N) is 1. The largest absolute Gasteiger partial charge is 0.494 e. The van der Waals surface area contributed by atoms with E-state index in [1.807, 2.05) is 6.07 Å². The molecule has 0 bridgehead atoms. The Kier molecular flexibility index (Phi) is 5.98. The second-order valence-electron chi connectivity index (χ2n) is 4.53. The number of aryl methyl sites for hydroxylation is 1. The van der Waals surface area contributed by atoms with E-state index in [1.165, 1.54) is 7.11 Å². The lowest BCUT2D eigenvalue weighted by molar-refractivity contribution is 0.386. The maximum Gasteiger partial charge on any atom is 0.165 e. The zero-order valence-corrected chi connectivity index (χ0v) is 10.9. The molecule has 0 atom stereocenters. The molecule has 2 nitrogen and oxygen atoms in total. The smallest absolute Gasteiger partial charge is 0.165 e. The van der Waals surface area contributed by atoms with Crippen LogP contribution >= 0.6 is 0 Å². The second-order valence-corrected chi connectivity index (χ2v) is 4.53. The number of rotatable bonds is 7. The lowest BCUT2D eigenvalue weighted by Gasteiger charge is -2.08. The minimum Gasteiger partial charge on any atom is -0.494 e. The van der Waals surface area contributed by atoms with Gasteiger partial charge in [-0.2, -0.15) is 0 Å². The Morgan fingerprint density at radius 2 is 2.06 bits per heavy atom. The molecule has 1 aromatic carbocycles. The Balaban J connectivity index is 2.30. The Labute approximate surface area is 103 Å². The van der Waals surface area contributed by atoms with Crippen LogP contribution in [-0.2, 0) is 6.42 Å². The molecule has 0 aliphatic rings. The normalized spacial score (nSPS) is 10.9. The fraction of sp³-hybridized carbons (Fsp3) is 0.571. The maximum atomic E-state index is 13.4. The number of hydrogen-bond acceptors (Lipinski definition) is 2. The number of ether oxygens (including phenoxy) is 1. The van der Waals surface area contributed by atoms with Crippen molar-refractivity contribution in [2.75, 3.05) is 13.7 Å². The number of halogens is 1.